The van der Waals surface area contributed by atoms with Crippen molar-refractivity contribution in [3.05, 3.63) is 130 Å². The lowest BCUT2D eigenvalue weighted by Crippen LogP contribution is -2.43. The maximum Gasteiger partial charge on any atom is 0.514 e. The van der Waals surface area contributed by atoms with Crippen molar-refractivity contribution < 1.29 is 65.5 Å². The molecule has 1 aliphatic heterocycles. The molecular formula is C30H28N2O16P2. The van der Waals surface area contributed by atoms with Crippen molar-refractivity contribution >= 4 is 28.0 Å². The number of phosphoric ester groups is 2. The van der Waals surface area contributed by atoms with Crippen molar-refractivity contribution in [3.8, 4) is 11.5 Å². The van der Waals surface area contributed by atoms with Crippen LogP contribution in [0.25, 0.3) is 0 Å². The molecule has 20 heteroatoms. The first-order valence-corrected chi connectivity index (χ1v) is 17.4. The fraction of sp³-hybridized carbons (Fsp3) is 0.200. The average Bonchev–Trinajstić information content (AvgIpc) is 3.39. The minimum atomic E-state index is -5.44. The fourth-order valence-electron chi connectivity index (χ4n) is 4.48. The van der Waals surface area contributed by atoms with Crippen LogP contribution in [-0.4, -0.2) is 56.6 Å². The first-order chi connectivity index (χ1) is 23.9. The third-order valence-electron chi connectivity index (χ3n) is 6.61. The van der Waals surface area contributed by atoms with E-state index >= 15 is 0 Å². The average molecular weight is 735 g/mol. The lowest BCUT2D eigenvalue weighted by atomic mass is 10.1. The van der Waals surface area contributed by atoms with Crippen LogP contribution in [0.15, 0.2) is 113 Å². The summed E-state index contributed by atoms with van der Waals surface area (Å²) >= 11 is 0. The maximum atomic E-state index is 12.9. The van der Waals surface area contributed by atoms with E-state index in [1.165, 1.54) is 24.3 Å². The first kappa shape index (κ1) is 36.4. The number of nitrogens with zero attached hydrogens (tertiary/aromatic N) is 1. The molecule has 1 fully saturated rings. The summed E-state index contributed by atoms with van der Waals surface area (Å²) in [6.07, 6.45) is -8.66. The third-order valence-corrected chi connectivity index (χ3v) is 9.19. The van der Waals surface area contributed by atoms with Crippen molar-refractivity contribution in [2.45, 2.75) is 31.1 Å². The molecule has 6 atom stereocenters. The zero-order chi connectivity index (χ0) is 35.7. The molecule has 5 rings (SSSR count). The van der Waals surface area contributed by atoms with Gasteiger partial charge in [0, 0.05) is 12.3 Å². The van der Waals surface area contributed by atoms with Crippen molar-refractivity contribution in [1.82, 2.24) is 9.55 Å². The van der Waals surface area contributed by atoms with Gasteiger partial charge in [-0.1, -0.05) is 66.7 Å². The van der Waals surface area contributed by atoms with Gasteiger partial charge < -0.3 is 33.5 Å². The minimum Gasteiger partial charge on any atom is -0.424 e. The molecule has 0 bridgehead atoms. The lowest BCUT2D eigenvalue weighted by Gasteiger charge is -2.24. The summed E-state index contributed by atoms with van der Waals surface area (Å²) in [4.78, 5) is 72.8. The number of hydrogen-bond acceptors (Lipinski definition) is 14. The van der Waals surface area contributed by atoms with Crippen molar-refractivity contribution in [2.75, 3.05) is 6.61 Å². The van der Waals surface area contributed by atoms with E-state index in [1.54, 1.807) is 66.7 Å². The summed E-state index contributed by atoms with van der Waals surface area (Å²) in [6.45, 7) is -1.51. The molecule has 3 N–H and O–H groups in total. The van der Waals surface area contributed by atoms with Crippen LogP contribution < -0.4 is 20.7 Å². The Balaban J connectivity index is 1.39. The number of phosphoric acid groups is 2. The number of rotatable bonds is 13. The number of carbonyl (C=O) groups is 2. The molecule has 0 amide bonds. The second-order valence-electron chi connectivity index (χ2n) is 10.2. The molecule has 1 saturated heterocycles. The summed E-state index contributed by atoms with van der Waals surface area (Å²) in [6, 6.07) is 24.3. The Morgan fingerprint density at radius 3 is 1.82 bits per heavy atom. The van der Waals surface area contributed by atoms with E-state index in [4.69, 9.17) is 32.7 Å². The van der Waals surface area contributed by atoms with Crippen molar-refractivity contribution in [1.29, 1.82) is 0 Å². The number of nitrogens with one attached hydrogen (secondary N) is 1. The van der Waals surface area contributed by atoms with E-state index in [0.29, 0.717) is 5.56 Å². The molecular weight excluding hydrogens is 706 g/mol. The molecule has 264 valence electrons. The monoisotopic (exact) mass is 734 g/mol. The van der Waals surface area contributed by atoms with Gasteiger partial charge >= 0.3 is 33.6 Å². The number of hydrogen-bond donors (Lipinski definition) is 3. The third kappa shape index (κ3) is 10.3. The Labute approximate surface area is 281 Å². The highest BCUT2D eigenvalue weighted by atomic mass is 31.3. The van der Waals surface area contributed by atoms with Crippen LogP contribution in [0.2, 0.25) is 0 Å². The lowest BCUT2D eigenvalue weighted by molar-refractivity contribution is -0.0605. The van der Waals surface area contributed by atoms with Crippen LogP contribution in [0.4, 0.5) is 9.59 Å². The summed E-state index contributed by atoms with van der Waals surface area (Å²) in [5, 5.41) is 0. The van der Waals surface area contributed by atoms with E-state index in [9.17, 15) is 38.1 Å². The van der Waals surface area contributed by atoms with E-state index in [0.717, 1.165) is 16.8 Å². The fourth-order valence-corrected chi connectivity index (χ4v) is 6.54. The molecule has 1 aliphatic rings. The normalized spacial score (nSPS) is 20.9. The number of para-hydroxylation sites is 2. The molecule has 3 aromatic carbocycles. The predicted octanol–water partition coefficient (Wildman–Crippen LogP) is 4.05. The summed E-state index contributed by atoms with van der Waals surface area (Å²) in [7, 11) is -10.6. The van der Waals surface area contributed by atoms with Gasteiger partial charge in [-0.2, -0.15) is 4.31 Å². The number of ether oxygens (including phenoxy) is 5. The Morgan fingerprint density at radius 1 is 0.740 bits per heavy atom. The van der Waals surface area contributed by atoms with E-state index in [1.807, 2.05) is 4.98 Å². The Kier molecular flexibility index (Phi) is 11.8. The Bertz CT molecular complexity index is 1980. The van der Waals surface area contributed by atoms with Gasteiger partial charge in [-0.3, -0.25) is 23.4 Å². The topological polar surface area (TPSA) is 237 Å². The molecule has 18 nitrogen and oxygen atoms in total. The largest absolute Gasteiger partial charge is 0.514 e. The Hall–Kier alpha value is -4.90. The second-order valence-corrected chi connectivity index (χ2v) is 13.2. The number of H-pyrrole nitrogens is 1. The quantitative estimate of drug-likeness (QED) is 0.0997. The second kappa shape index (κ2) is 16.2. The molecule has 0 saturated carbocycles. The molecule has 3 unspecified atom stereocenters. The van der Waals surface area contributed by atoms with Gasteiger partial charge in [-0.15, -0.1) is 0 Å². The van der Waals surface area contributed by atoms with Crippen molar-refractivity contribution in [2.24, 2.45) is 0 Å². The minimum absolute atomic E-state index is 0.0426. The SMILES string of the molecule is O=C(Oc1ccccc1)OC1[C@@H](COP(=O)(O)OP(=O)(O)OCc2ccccc2)O[C@@H](n2ccc(=O)[nH]c2=O)[C@H]1OC(=O)Oc1ccccc1. The van der Waals surface area contributed by atoms with Gasteiger partial charge in [0.05, 0.1) is 13.2 Å². The molecule has 50 heavy (non-hydrogen) atoms. The highest BCUT2D eigenvalue weighted by Gasteiger charge is 2.52. The van der Waals surface area contributed by atoms with E-state index in [-0.39, 0.29) is 11.5 Å². The number of aromatic nitrogens is 2. The molecule has 0 aliphatic carbocycles. The number of benzene rings is 3. The van der Waals surface area contributed by atoms with Crippen LogP contribution in [0, 0.1) is 0 Å². The highest BCUT2D eigenvalue weighted by Crippen LogP contribution is 2.61. The van der Waals surface area contributed by atoms with Gasteiger partial charge in [0.15, 0.2) is 18.4 Å². The van der Waals surface area contributed by atoms with Crippen molar-refractivity contribution in [3.63, 3.8) is 0 Å². The zero-order valence-corrected chi connectivity index (χ0v) is 27.3. The Morgan fingerprint density at radius 2 is 1.26 bits per heavy atom. The first-order valence-electron chi connectivity index (χ1n) is 14.4. The van der Waals surface area contributed by atoms with Gasteiger partial charge in [0.1, 0.15) is 17.6 Å². The van der Waals surface area contributed by atoms with Crippen LogP contribution in [0.1, 0.15) is 11.8 Å². The highest BCUT2D eigenvalue weighted by molar-refractivity contribution is 7.61. The molecule has 0 radical (unpaired) electrons. The summed E-state index contributed by atoms with van der Waals surface area (Å²) < 4.78 is 67.2. The molecule has 2 heterocycles. The smallest absolute Gasteiger partial charge is 0.424 e. The standard InChI is InChI=1S/C30H28N2O16P2/c33-24-16-17-32(28(34)31-24)27-26(47-30(36)44-22-14-8-3-9-15-22)25(46-29(35)43-21-12-6-2-7-13-21)23(45-27)19-42-50(39,40)48-49(37,38)41-18-20-10-4-1-5-11-20/h1-17,23,25-27H,18-19H2,(H,37,38)(H,39,40)(H,31,33,34)/t23-,25?,26+,27-/m1/s1. The van der Waals surface area contributed by atoms with Gasteiger partial charge in [0.2, 0.25) is 0 Å². The van der Waals surface area contributed by atoms with Crippen LogP contribution in [0.5, 0.6) is 11.5 Å². The predicted molar refractivity (Wildman–Crippen MR) is 168 cm³/mol. The van der Waals surface area contributed by atoms with Crippen LogP contribution in [-0.2, 0) is 43.3 Å². The van der Waals surface area contributed by atoms with Gasteiger partial charge in [0.25, 0.3) is 5.56 Å². The number of aromatic amines is 1. The van der Waals surface area contributed by atoms with Gasteiger partial charge in [-0.05, 0) is 29.8 Å². The van der Waals surface area contributed by atoms with E-state index < -0.39 is 77.0 Å². The summed E-state index contributed by atoms with van der Waals surface area (Å²) in [5.41, 5.74) is -1.39. The zero-order valence-electron chi connectivity index (χ0n) is 25.5. The summed E-state index contributed by atoms with van der Waals surface area (Å²) in [5.74, 6) is 0.0948. The molecule has 1 aromatic heterocycles. The van der Waals surface area contributed by atoms with Crippen LogP contribution >= 0.6 is 15.6 Å². The van der Waals surface area contributed by atoms with E-state index in [2.05, 4.69) is 4.31 Å². The molecule has 0 spiro atoms. The number of carbonyl (C=O) groups excluding carboxylic acids is 2. The van der Waals surface area contributed by atoms with Crippen LogP contribution in [0.3, 0.4) is 0 Å². The van der Waals surface area contributed by atoms with Gasteiger partial charge in [-0.25, -0.2) is 23.5 Å². The maximum absolute atomic E-state index is 12.9. The molecule has 4 aromatic rings.